The van der Waals surface area contributed by atoms with E-state index in [0.717, 1.165) is 29.3 Å². The van der Waals surface area contributed by atoms with Gasteiger partial charge >= 0.3 is 0 Å². The van der Waals surface area contributed by atoms with Gasteiger partial charge in [0.2, 0.25) is 11.1 Å². The Morgan fingerprint density at radius 3 is 2.96 bits per heavy atom. The molecule has 0 unspecified atom stereocenters. The number of hydrogen-bond acceptors (Lipinski definition) is 5. The second-order valence-corrected chi connectivity index (χ2v) is 6.74. The van der Waals surface area contributed by atoms with Crippen molar-refractivity contribution in [2.24, 2.45) is 0 Å². The smallest absolute Gasteiger partial charge is 0.230 e. The van der Waals surface area contributed by atoms with Gasteiger partial charge in [0.1, 0.15) is 5.52 Å². The van der Waals surface area contributed by atoms with Crippen LogP contribution in [0, 0.1) is 0 Å². The number of rotatable bonds is 4. The Morgan fingerprint density at radius 1 is 1.26 bits per heavy atom. The molecule has 1 aliphatic rings. The normalized spacial score (nSPS) is 15.5. The summed E-state index contributed by atoms with van der Waals surface area (Å²) in [5.41, 5.74) is 2.46. The molecule has 4 rings (SSSR count). The molecule has 0 saturated heterocycles. The standard InChI is InChI=1S/C16H17N5OS/c22-13(17-10-5-1-2-6-10)9-23-16-19-15-14(20-21-16)11-7-3-4-8-12(11)18-15/h3-4,7-8,10H,1-2,5-6,9H2,(H,17,22)(H,18,19,21). The van der Waals surface area contributed by atoms with Crippen LogP contribution in [0.4, 0.5) is 0 Å². The van der Waals surface area contributed by atoms with Crippen molar-refractivity contribution < 1.29 is 4.79 Å². The molecule has 0 bridgehead atoms. The van der Waals surface area contributed by atoms with E-state index in [1.54, 1.807) is 0 Å². The van der Waals surface area contributed by atoms with Gasteiger partial charge in [0.25, 0.3) is 0 Å². The monoisotopic (exact) mass is 327 g/mol. The van der Waals surface area contributed by atoms with E-state index >= 15 is 0 Å². The van der Waals surface area contributed by atoms with Crippen molar-refractivity contribution >= 4 is 39.7 Å². The Morgan fingerprint density at radius 2 is 2.09 bits per heavy atom. The number of fused-ring (bicyclic) bond motifs is 3. The second-order valence-electron chi connectivity index (χ2n) is 5.80. The molecular formula is C16H17N5OS. The highest BCUT2D eigenvalue weighted by Crippen LogP contribution is 2.23. The molecule has 1 amide bonds. The first-order chi connectivity index (χ1) is 11.3. The van der Waals surface area contributed by atoms with E-state index in [-0.39, 0.29) is 5.91 Å². The first-order valence-electron chi connectivity index (χ1n) is 7.83. The number of aromatic amines is 1. The maximum Gasteiger partial charge on any atom is 0.230 e. The number of carbonyl (C=O) groups is 1. The van der Waals surface area contributed by atoms with E-state index in [4.69, 9.17) is 0 Å². The fraction of sp³-hybridized carbons (Fsp3) is 0.375. The van der Waals surface area contributed by atoms with Crippen LogP contribution in [0.2, 0.25) is 0 Å². The highest BCUT2D eigenvalue weighted by molar-refractivity contribution is 7.99. The third kappa shape index (κ3) is 3.01. The topological polar surface area (TPSA) is 83.6 Å². The van der Waals surface area contributed by atoms with Crippen LogP contribution in [-0.4, -0.2) is 37.9 Å². The fourth-order valence-electron chi connectivity index (χ4n) is 3.04. The molecule has 1 fully saturated rings. The van der Waals surface area contributed by atoms with Crippen molar-refractivity contribution in [2.45, 2.75) is 36.9 Å². The molecular weight excluding hydrogens is 310 g/mol. The summed E-state index contributed by atoms with van der Waals surface area (Å²) < 4.78 is 0. The summed E-state index contributed by atoms with van der Waals surface area (Å²) in [6.07, 6.45) is 4.61. The number of para-hydroxylation sites is 1. The van der Waals surface area contributed by atoms with Gasteiger partial charge in [-0.3, -0.25) is 4.79 Å². The number of hydrogen-bond donors (Lipinski definition) is 2. The van der Waals surface area contributed by atoms with Gasteiger partial charge in [-0.05, 0) is 18.9 Å². The van der Waals surface area contributed by atoms with Crippen molar-refractivity contribution in [3.63, 3.8) is 0 Å². The Hall–Kier alpha value is -2.15. The Balaban J connectivity index is 1.46. The highest BCUT2D eigenvalue weighted by atomic mass is 32.2. The minimum atomic E-state index is 0.0437. The molecule has 7 heteroatoms. The lowest BCUT2D eigenvalue weighted by molar-refractivity contribution is -0.119. The average molecular weight is 327 g/mol. The van der Waals surface area contributed by atoms with E-state index in [0.29, 0.717) is 22.6 Å². The maximum absolute atomic E-state index is 12.0. The summed E-state index contributed by atoms with van der Waals surface area (Å²) in [4.78, 5) is 19.7. The molecule has 1 saturated carbocycles. The molecule has 0 radical (unpaired) electrons. The average Bonchev–Trinajstić information content (AvgIpc) is 3.19. The zero-order valence-corrected chi connectivity index (χ0v) is 13.4. The number of H-pyrrole nitrogens is 1. The van der Waals surface area contributed by atoms with E-state index in [1.165, 1.54) is 24.6 Å². The van der Waals surface area contributed by atoms with Crippen LogP contribution in [0.25, 0.3) is 22.1 Å². The molecule has 1 aliphatic carbocycles. The Labute approximate surface area is 137 Å². The van der Waals surface area contributed by atoms with Gasteiger partial charge in [-0.15, -0.1) is 10.2 Å². The summed E-state index contributed by atoms with van der Waals surface area (Å²) in [5.74, 6) is 0.367. The van der Waals surface area contributed by atoms with E-state index in [1.807, 2.05) is 24.3 Å². The highest BCUT2D eigenvalue weighted by Gasteiger charge is 2.17. The van der Waals surface area contributed by atoms with Crippen LogP contribution in [0.3, 0.4) is 0 Å². The molecule has 118 valence electrons. The molecule has 1 aromatic carbocycles. The Kier molecular flexibility index (Phi) is 3.87. The lowest BCUT2D eigenvalue weighted by atomic mass is 10.2. The van der Waals surface area contributed by atoms with Crippen molar-refractivity contribution in [2.75, 3.05) is 5.75 Å². The van der Waals surface area contributed by atoms with Gasteiger partial charge < -0.3 is 10.3 Å². The summed E-state index contributed by atoms with van der Waals surface area (Å²) in [6, 6.07) is 8.26. The summed E-state index contributed by atoms with van der Waals surface area (Å²) in [6.45, 7) is 0. The van der Waals surface area contributed by atoms with Crippen LogP contribution in [0.15, 0.2) is 29.4 Å². The lowest BCUT2D eigenvalue weighted by Gasteiger charge is -2.10. The number of nitrogens with one attached hydrogen (secondary N) is 2. The molecule has 2 heterocycles. The number of amides is 1. The van der Waals surface area contributed by atoms with Crippen molar-refractivity contribution in [1.29, 1.82) is 0 Å². The lowest BCUT2D eigenvalue weighted by Crippen LogP contribution is -2.33. The van der Waals surface area contributed by atoms with E-state index < -0.39 is 0 Å². The minimum Gasteiger partial charge on any atom is -0.353 e. The van der Waals surface area contributed by atoms with Crippen LogP contribution < -0.4 is 5.32 Å². The van der Waals surface area contributed by atoms with Crippen LogP contribution in [0.5, 0.6) is 0 Å². The van der Waals surface area contributed by atoms with Crippen LogP contribution in [-0.2, 0) is 4.79 Å². The molecule has 0 spiro atoms. The molecule has 3 aromatic rings. The molecule has 2 N–H and O–H groups in total. The third-order valence-electron chi connectivity index (χ3n) is 4.16. The Bertz CT molecular complexity index is 856. The van der Waals surface area contributed by atoms with Crippen molar-refractivity contribution in [3.05, 3.63) is 24.3 Å². The summed E-state index contributed by atoms with van der Waals surface area (Å²) >= 11 is 1.32. The minimum absolute atomic E-state index is 0.0437. The molecule has 0 aliphatic heterocycles. The number of nitrogens with zero attached hydrogens (tertiary/aromatic N) is 3. The second kappa shape index (κ2) is 6.16. The van der Waals surface area contributed by atoms with Gasteiger partial charge in [-0.1, -0.05) is 42.8 Å². The zero-order valence-electron chi connectivity index (χ0n) is 12.6. The number of benzene rings is 1. The largest absolute Gasteiger partial charge is 0.353 e. The third-order valence-corrected chi connectivity index (χ3v) is 4.99. The first kappa shape index (κ1) is 14.4. The quantitative estimate of drug-likeness (QED) is 0.720. The van der Waals surface area contributed by atoms with E-state index in [2.05, 4.69) is 25.5 Å². The molecule has 2 aromatic heterocycles. The number of carbonyl (C=O) groups excluding carboxylic acids is 1. The van der Waals surface area contributed by atoms with Crippen molar-refractivity contribution in [1.82, 2.24) is 25.5 Å². The maximum atomic E-state index is 12.0. The van der Waals surface area contributed by atoms with Gasteiger partial charge in [0.05, 0.1) is 5.75 Å². The number of aromatic nitrogens is 4. The molecule has 6 nitrogen and oxygen atoms in total. The summed E-state index contributed by atoms with van der Waals surface area (Å²) in [7, 11) is 0. The predicted molar refractivity (Wildman–Crippen MR) is 90.3 cm³/mol. The predicted octanol–water partition coefficient (Wildman–Crippen LogP) is 2.66. The van der Waals surface area contributed by atoms with Crippen molar-refractivity contribution in [3.8, 4) is 0 Å². The first-order valence-corrected chi connectivity index (χ1v) is 8.81. The van der Waals surface area contributed by atoms with Gasteiger partial charge in [0.15, 0.2) is 5.65 Å². The van der Waals surface area contributed by atoms with Crippen LogP contribution >= 0.6 is 11.8 Å². The van der Waals surface area contributed by atoms with E-state index in [9.17, 15) is 4.79 Å². The SMILES string of the molecule is O=C(CSc1nnc2c(n1)[nH]c1ccccc12)NC1CCCC1. The summed E-state index contributed by atoms with van der Waals surface area (Å²) in [5, 5.41) is 13.0. The number of thioether (sulfide) groups is 1. The molecule has 0 atom stereocenters. The van der Waals surface area contributed by atoms with Gasteiger partial charge in [-0.25, -0.2) is 4.98 Å². The van der Waals surface area contributed by atoms with Crippen LogP contribution in [0.1, 0.15) is 25.7 Å². The van der Waals surface area contributed by atoms with Gasteiger partial charge in [-0.2, -0.15) is 0 Å². The zero-order chi connectivity index (χ0) is 15.6. The molecule has 23 heavy (non-hydrogen) atoms. The fourth-order valence-corrected chi connectivity index (χ4v) is 3.63. The van der Waals surface area contributed by atoms with Gasteiger partial charge in [0, 0.05) is 16.9 Å².